The van der Waals surface area contributed by atoms with Gasteiger partial charge >= 0.3 is 0 Å². The number of allylic oxidation sites excluding steroid dienone is 3. The molecule has 2 amide bonds. The average Bonchev–Trinajstić information content (AvgIpc) is 2.78. The zero-order valence-corrected chi connectivity index (χ0v) is 18.4. The summed E-state index contributed by atoms with van der Waals surface area (Å²) in [5, 5.41) is 0. The Kier molecular flexibility index (Phi) is 16.9. The van der Waals surface area contributed by atoms with E-state index in [9.17, 15) is 9.59 Å². The second kappa shape index (κ2) is 18.1. The van der Waals surface area contributed by atoms with E-state index in [0.717, 1.165) is 58.8 Å². The van der Waals surface area contributed by atoms with Gasteiger partial charge in [0.2, 0.25) is 12.3 Å². The molecule has 0 aliphatic carbocycles. The Morgan fingerprint density at radius 1 is 1.03 bits per heavy atom. The van der Waals surface area contributed by atoms with E-state index in [0.29, 0.717) is 0 Å². The molecule has 0 unspecified atom stereocenters. The number of nitrogens with two attached hydrogens (primary N) is 2. The number of piperazine rings is 1. The smallest absolute Gasteiger partial charge is 0.236 e. The Balaban J connectivity index is 0.000000586. The van der Waals surface area contributed by atoms with Gasteiger partial charge in [-0.3, -0.25) is 14.5 Å². The predicted octanol–water partition coefficient (Wildman–Crippen LogP) is 1.37. The average molecular weight is 408 g/mol. The molecule has 2 aliphatic rings. The lowest BCUT2D eigenvalue weighted by Crippen LogP contribution is -2.50. The molecule has 2 rings (SSSR count). The van der Waals surface area contributed by atoms with Gasteiger partial charge in [0.05, 0.1) is 6.54 Å². The molecule has 0 bridgehead atoms. The molecule has 7 heteroatoms. The molecule has 0 aromatic carbocycles. The second-order valence-corrected chi connectivity index (χ2v) is 6.93. The van der Waals surface area contributed by atoms with Gasteiger partial charge in [-0.05, 0) is 38.3 Å². The molecule has 0 aromatic heterocycles. The Bertz CT molecular complexity index is 505. The highest BCUT2D eigenvalue weighted by atomic mass is 16.2. The van der Waals surface area contributed by atoms with Crippen LogP contribution < -0.4 is 11.5 Å². The summed E-state index contributed by atoms with van der Waals surface area (Å²) in [5.74, 6) is 0.0486. The Labute approximate surface area is 177 Å². The van der Waals surface area contributed by atoms with Crippen molar-refractivity contribution < 1.29 is 9.59 Å². The van der Waals surface area contributed by atoms with E-state index in [1.165, 1.54) is 24.8 Å². The molecule has 29 heavy (non-hydrogen) atoms. The van der Waals surface area contributed by atoms with Crippen LogP contribution >= 0.6 is 0 Å². The van der Waals surface area contributed by atoms with Crippen molar-refractivity contribution in [1.82, 2.24) is 14.7 Å². The number of nitrogens with zero attached hydrogens (tertiary/aromatic N) is 3. The Hall–Kier alpha value is -1.96. The van der Waals surface area contributed by atoms with Crippen molar-refractivity contribution in [3.63, 3.8) is 0 Å². The van der Waals surface area contributed by atoms with Gasteiger partial charge in [0, 0.05) is 45.8 Å². The van der Waals surface area contributed by atoms with Gasteiger partial charge in [-0.25, -0.2) is 0 Å². The molecular formula is C22H41N5O2. The molecule has 2 heterocycles. The number of carbonyl (C=O) groups is 2. The number of hydrogen-bond acceptors (Lipinski definition) is 5. The van der Waals surface area contributed by atoms with Crippen molar-refractivity contribution in [1.29, 1.82) is 0 Å². The molecule has 2 saturated heterocycles. The molecular weight excluding hydrogens is 366 g/mol. The summed E-state index contributed by atoms with van der Waals surface area (Å²) in [5.41, 5.74) is 11.5. The summed E-state index contributed by atoms with van der Waals surface area (Å²) in [4.78, 5) is 27.6. The lowest BCUT2D eigenvalue weighted by Gasteiger charge is -2.34. The predicted molar refractivity (Wildman–Crippen MR) is 121 cm³/mol. The van der Waals surface area contributed by atoms with Crippen LogP contribution in [0, 0.1) is 0 Å². The highest BCUT2D eigenvalue weighted by molar-refractivity contribution is 5.78. The lowest BCUT2D eigenvalue weighted by atomic mass is 10.1. The third-order valence-electron chi connectivity index (χ3n) is 4.66. The van der Waals surface area contributed by atoms with Crippen LogP contribution in [0.2, 0.25) is 0 Å². The lowest BCUT2D eigenvalue weighted by molar-refractivity contribution is -0.131. The van der Waals surface area contributed by atoms with Crippen LogP contribution in [-0.2, 0) is 9.59 Å². The third kappa shape index (κ3) is 13.0. The van der Waals surface area contributed by atoms with Gasteiger partial charge in [0.15, 0.2) is 0 Å². The summed E-state index contributed by atoms with van der Waals surface area (Å²) >= 11 is 0. The van der Waals surface area contributed by atoms with E-state index in [-0.39, 0.29) is 12.5 Å². The molecule has 0 atom stereocenters. The van der Waals surface area contributed by atoms with Crippen molar-refractivity contribution in [2.75, 3.05) is 58.9 Å². The van der Waals surface area contributed by atoms with E-state index < -0.39 is 0 Å². The van der Waals surface area contributed by atoms with Crippen molar-refractivity contribution in [3.8, 4) is 0 Å². The number of carbonyl (C=O) groups excluding carboxylic acids is 2. The normalized spacial score (nSPS) is 17.7. The zero-order chi connectivity index (χ0) is 21.9. The quantitative estimate of drug-likeness (QED) is 0.512. The van der Waals surface area contributed by atoms with E-state index in [1.807, 2.05) is 29.7 Å². The molecule has 2 fully saturated rings. The molecule has 166 valence electrons. The number of piperidine rings is 1. The highest BCUT2D eigenvalue weighted by Gasteiger charge is 2.19. The van der Waals surface area contributed by atoms with Gasteiger partial charge in [0.25, 0.3) is 0 Å². The number of likely N-dealkylation sites (tertiary alicyclic amines) is 1. The van der Waals surface area contributed by atoms with E-state index in [4.69, 9.17) is 11.5 Å². The fraction of sp³-hybridized carbons (Fsp3) is 0.636. The maximum atomic E-state index is 11.4. The van der Waals surface area contributed by atoms with Crippen LogP contribution in [0.5, 0.6) is 0 Å². The first-order chi connectivity index (χ1) is 14.1. The van der Waals surface area contributed by atoms with Crippen molar-refractivity contribution in [3.05, 3.63) is 36.5 Å². The van der Waals surface area contributed by atoms with Crippen molar-refractivity contribution in [2.45, 2.75) is 33.1 Å². The minimum Gasteiger partial charge on any atom is -0.345 e. The standard InChI is InChI=1S/C14H23N3O.C6H11NO.C2H7N/c1-3-5-6-13(4-2)12-16-7-9-17(10-8-16)14(18)11-15;8-6-7-4-2-1-3-5-7;1-2-3/h3-6H,1,7-12,15H2,2H3;6H,1-5H2;2-3H2,1H3/b6-5-,13-4+;;. The Morgan fingerprint density at radius 2 is 1.62 bits per heavy atom. The largest absolute Gasteiger partial charge is 0.345 e. The number of hydrogen-bond donors (Lipinski definition) is 2. The molecule has 7 nitrogen and oxygen atoms in total. The fourth-order valence-corrected chi connectivity index (χ4v) is 3.00. The van der Waals surface area contributed by atoms with E-state index in [1.54, 1.807) is 6.08 Å². The first-order valence-corrected chi connectivity index (χ1v) is 10.6. The minimum absolute atomic E-state index is 0.0486. The highest BCUT2D eigenvalue weighted by Crippen LogP contribution is 2.07. The molecule has 0 aromatic rings. The van der Waals surface area contributed by atoms with Crippen molar-refractivity contribution in [2.24, 2.45) is 11.5 Å². The first-order valence-electron chi connectivity index (χ1n) is 10.6. The molecule has 0 spiro atoms. The van der Waals surface area contributed by atoms with E-state index >= 15 is 0 Å². The van der Waals surface area contributed by atoms with Crippen LogP contribution in [0.15, 0.2) is 36.5 Å². The van der Waals surface area contributed by atoms with Gasteiger partial charge in [-0.15, -0.1) is 0 Å². The topological polar surface area (TPSA) is 95.9 Å². The number of rotatable bonds is 6. The third-order valence-corrected chi connectivity index (χ3v) is 4.66. The summed E-state index contributed by atoms with van der Waals surface area (Å²) in [6, 6.07) is 0. The summed E-state index contributed by atoms with van der Waals surface area (Å²) in [6.07, 6.45) is 12.5. The zero-order valence-electron chi connectivity index (χ0n) is 18.4. The molecule has 0 radical (unpaired) electrons. The summed E-state index contributed by atoms with van der Waals surface area (Å²) < 4.78 is 0. The monoisotopic (exact) mass is 407 g/mol. The van der Waals surface area contributed by atoms with Crippen LogP contribution in [0.3, 0.4) is 0 Å². The number of amides is 2. The van der Waals surface area contributed by atoms with E-state index in [2.05, 4.69) is 23.6 Å². The SMILES string of the molecule is C=C/C=C\C(=C/C)CN1CCN(C(=O)CN)CC1.CCN.O=CN1CCCCC1. The molecule has 2 aliphatic heterocycles. The van der Waals surface area contributed by atoms with Crippen LogP contribution in [0.1, 0.15) is 33.1 Å². The first kappa shape index (κ1) is 27.0. The summed E-state index contributed by atoms with van der Waals surface area (Å²) in [7, 11) is 0. The van der Waals surface area contributed by atoms with Crippen LogP contribution in [0.25, 0.3) is 0 Å². The van der Waals surface area contributed by atoms with Gasteiger partial charge in [0.1, 0.15) is 0 Å². The summed E-state index contributed by atoms with van der Waals surface area (Å²) in [6.45, 7) is 14.7. The molecule has 0 saturated carbocycles. The van der Waals surface area contributed by atoms with Crippen LogP contribution in [-0.4, -0.2) is 85.9 Å². The second-order valence-electron chi connectivity index (χ2n) is 6.93. The minimum atomic E-state index is 0.0486. The fourth-order valence-electron chi connectivity index (χ4n) is 3.00. The molecule has 4 N–H and O–H groups in total. The maximum absolute atomic E-state index is 11.4. The van der Waals surface area contributed by atoms with Gasteiger partial charge in [-0.2, -0.15) is 0 Å². The van der Waals surface area contributed by atoms with Gasteiger partial charge < -0.3 is 21.3 Å². The Morgan fingerprint density at radius 3 is 2.03 bits per heavy atom. The van der Waals surface area contributed by atoms with Crippen LogP contribution in [0.4, 0.5) is 0 Å². The van der Waals surface area contributed by atoms with Gasteiger partial charge in [-0.1, -0.05) is 37.8 Å². The van der Waals surface area contributed by atoms with Crippen molar-refractivity contribution >= 4 is 12.3 Å². The maximum Gasteiger partial charge on any atom is 0.236 e.